The molecule has 2 rings (SSSR count). The lowest BCUT2D eigenvalue weighted by Gasteiger charge is -2.19. The summed E-state index contributed by atoms with van der Waals surface area (Å²) < 4.78 is 0. The van der Waals surface area contributed by atoms with Crippen LogP contribution in [0.3, 0.4) is 0 Å². The zero-order valence-electron chi connectivity index (χ0n) is 11.4. The number of benzene rings is 1. The van der Waals surface area contributed by atoms with Gasteiger partial charge >= 0.3 is 0 Å². The maximum absolute atomic E-state index is 3.61. The molecule has 0 saturated heterocycles. The lowest BCUT2D eigenvalue weighted by Crippen LogP contribution is -2.23. The van der Waals surface area contributed by atoms with Crippen molar-refractivity contribution < 1.29 is 0 Å². The predicted octanol–water partition coefficient (Wildman–Crippen LogP) is 4.26. The van der Waals surface area contributed by atoms with Crippen LogP contribution in [0.5, 0.6) is 0 Å². The van der Waals surface area contributed by atoms with Crippen molar-refractivity contribution >= 4 is 11.3 Å². The smallest absolute Gasteiger partial charge is 0.0371 e. The molecular weight excluding hydrogens is 238 g/mol. The van der Waals surface area contributed by atoms with Crippen LogP contribution in [0, 0.1) is 13.8 Å². The fraction of sp³-hybridized carbons (Fsp3) is 0.375. The molecule has 1 N–H and O–H groups in total. The van der Waals surface area contributed by atoms with Crippen LogP contribution in [0.15, 0.2) is 35.0 Å². The van der Waals surface area contributed by atoms with Crippen LogP contribution in [0.4, 0.5) is 0 Å². The first-order valence-electron chi connectivity index (χ1n) is 6.53. The van der Waals surface area contributed by atoms with E-state index in [1.165, 1.54) is 22.3 Å². The third-order valence-electron chi connectivity index (χ3n) is 3.41. The Bertz CT molecular complexity index is 501. The Morgan fingerprint density at radius 1 is 1.11 bits per heavy atom. The number of likely N-dealkylation sites (N-methyl/N-ethyl adjacent to an activating group) is 1. The van der Waals surface area contributed by atoms with E-state index in [4.69, 9.17) is 0 Å². The van der Waals surface area contributed by atoms with Crippen LogP contribution in [0.2, 0.25) is 0 Å². The second-order valence-corrected chi connectivity index (χ2v) is 5.49. The predicted molar refractivity (Wildman–Crippen MR) is 80.4 cm³/mol. The molecule has 0 aliphatic carbocycles. The largest absolute Gasteiger partial charge is 0.310 e. The van der Waals surface area contributed by atoms with Crippen molar-refractivity contribution in [3.8, 4) is 0 Å². The second-order valence-electron chi connectivity index (χ2n) is 4.75. The molecule has 1 heterocycles. The van der Waals surface area contributed by atoms with Crippen molar-refractivity contribution in [1.29, 1.82) is 0 Å². The highest BCUT2D eigenvalue weighted by molar-refractivity contribution is 7.08. The molecule has 0 radical (unpaired) electrons. The number of aryl methyl sites for hydroxylation is 2. The minimum absolute atomic E-state index is 0.433. The van der Waals surface area contributed by atoms with E-state index < -0.39 is 0 Å². The average Bonchev–Trinajstić information content (AvgIpc) is 2.78. The number of thiophene rings is 1. The summed E-state index contributed by atoms with van der Waals surface area (Å²) in [5.74, 6) is 0. The Hall–Kier alpha value is -1.12. The fourth-order valence-corrected chi connectivity index (χ4v) is 3.23. The third-order valence-corrected chi connectivity index (χ3v) is 4.29. The van der Waals surface area contributed by atoms with Gasteiger partial charge in [-0.1, -0.05) is 31.2 Å². The van der Waals surface area contributed by atoms with Crippen LogP contribution in [-0.4, -0.2) is 6.54 Å². The zero-order valence-corrected chi connectivity index (χ0v) is 12.2. The summed E-state index contributed by atoms with van der Waals surface area (Å²) in [6.07, 6.45) is 1.07. The highest BCUT2D eigenvalue weighted by Crippen LogP contribution is 2.25. The summed E-state index contributed by atoms with van der Waals surface area (Å²) in [4.78, 5) is 0. The average molecular weight is 259 g/mol. The summed E-state index contributed by atoms with van der Waals surface area (Å²) in [5, 5.41) is 8.12. The van der Waals surface area contributed by atoms with E-state index in [9.17, 15) is 0 Å². The summed E-state index contributed by atoms with van der Waals surface area (Å²) in [6.45, 7) is 7.57. The summed E-state index contributed by atoms with van der Waals surface area (Å²) in [6, 6.07) is 9.10. The van der Waals surface area contributed by atoms with Gasteiger partial charge in [-0.05, 0) is 59.8 Å². The van der Waals surface area contributed by atoms with Gasteiger partial charge in [-0.25, -0.2) is 0 Å². The quantitative estimate of drug-likeness (QED) is 0.846. The Morgan fingerprint density at radius 2 is 1.89 bits per heavy atom. The molecule has 1 aromatic carbocycles. The van der Waals surface area contributed by atoms with Crippen molar-refractivity contribution in [2.24, 2.45) is 0 Å². The van der Waals surface area contributed by atoms with Gasteiger partial charge in [-0.15, -0.1) is 0 Å². The highest BCUT2D eigenvalue weighted by Gasteiger charge is 2.14. The van der Waals surface area contributed by atoms with Gasteiger partial charge in [0.25, 0.3) is 0 Å². The van der Waals surface area contributed by atoms with Gasteiger partial charge in [0, 0.05) is 6.04 Å². The first-order valence-corrected chi connectivity index (χ1v) is 7.47. The van der Waals surface area contributed by atoms with Crippen LogP contribution in [0.1, 0.15) is 35.2 Å². The van der Waals surface area contributed by atoms with Crippen molar-refractivity contribution in [1.82, 2.24) is 5.32 Å². The lowest BCUT2D eigenvalue weighted by atomic mass is 9.96. The molecular formula is C16H21NS. The molecule has 1 unspecified atom stereocenters. The van der Waals surface area contributed by atoms with Gasteiger partial charge in [0.1, 0.15) is 0 Å². The molecule has 0 spiro atoms. The van der Waals surface area contributed by atoms with E-state index in [1.54, 1.807) is 11.3 Å². The topological polar surface area (TPSA) is 12.0 Å². The van der Waals surface area contributed by atoms with E-state index in [-0.39, 0.29) is 0 Å². The standard InChI is InChI=1S/C16H21NS/c1-4-17-16(15-11-18-10-13(15)3)9-14-8-6-5-7-12(14)2/h5-8,10-11,16-17H,4,9H2,1-3H3. The van der Waals surface area contributed by atoms with Gasteiger partial charge in [-0.2, -0.15) is 11.3 Å². The van der Waals surface area contributed by atoms with Crippen LogP contribution < -0.4 is 5.32 Å². The molecule has 18 heavy (non-hydrogen) atoms. The number of hydrogen-bond donors (Lipinski definition) is 1. The van der Waals surface area contributed by atoms with Gasteiger partial charge in [-0.3, -0.25) is 0 Å². The molecule has 96 valence electrons. The molecule has 0 saturated carbocycles. The van der Waals surface area contributed by atoms with Gasteiger partial charge < -0.3 is 5.32 Å². The van der Waals surface area contributed by atoms with Crippen molar-refractivity contribution in [2.75, 3.05) is 6.54 Å². The van der Waals surface area contributed by atoms with E-state index in [0.29, 0.717) is 6.04 Å². The summed E-state index contributed by atoms with van der Waals surface area (Å²) >= 11 is 1.80. The first-order chi connectivity index (χ1) is 8.72. The van der Waals surface area contributed by atoms with Crippen molar-refractivity contribution in [2.45, 2.75) is 33.2 Å². The molecule has 0 fully saturated rings. The molecule has 1 nitrogen and oxygen atoms in total. The normalized spacial score (nSPS) is 12.6. The van der Waals surface area contributed by atoms with Crippen LogP contribution >= 0.6 is 11.3 Å². The van der Waals surface area contributed by atoms with Gasteiger partial charge in [0.2, 0.25) is 0 Å². The monoisotopic (exact) mass is 259 g/mol. The molecule has 1 aromatic heterocycles. The first kappa shape index (κ1) is 13.3. The Balaban J connectivity index is 2.22. The summed E-state index contributed by atoms with van der Waals surface area (Å²) in [5.41, 5.74) is 5.67. The third kappa shape index (κ3) is 3.01. The molecule has 0 aliphatic heterocycles. The minimum atomic E-state index is 0.433. The minimum Gasteiger partial charge on any atom is -0.310 e. The molecule has 0 aliphatic rings. The van der Waals surface area contributed by atoms with Crippen LogP contribution in [0.25, 0.3) is 0 Å². The number of nitrogens with one attached hydrogen (secondary N) is 1. The highest BCUT2D eigenvalue weighted by atomic mass is 32.1. The van der Waals surface area contributed by atoms with E-state index >= 15 is 0 Å². The second kappa shape index (κ2) is 6.17. The van der Waals surface area contributed by atoms with E-state index in [0.717, 1.165) is 13.0 Å². The fourth-order valence-electron chi connectivity index (χ4n) is 2.32. The maximum atomic E-state index is 3.61. The molecule has 2 heteroatoms. The van der Waals surface area contributed by atoms with E-state index in [2.05, 4.69) is 61.1 Å². The van der Waals surface area contributed by atoms with Gasteiger partial charge in [0.05, 0.1) is 0 Å². The zero-order chi connectivity index (χ0) is 13.0. The SMILES string of the molecule is CCNC(Cc1ccccc1C)c1cscc1C. The molecule has 0 amide bonds. The van der Waals surface area contributed by atoms with Crippen LogP contribution in [-0.2, 0) is 6.42 Å². The van der Waals surface area contributed by atoms with E-state index in [1.807, 2.05) is 0 Å². The Kier molecular flexibility index (Phi) is 4.56. The van der Waals surface area contributed by atoms with Gasteiger partial charge in [0.15, 0.2) is 0 Å². The van der Waals surface area contributed by atoms with Crippen molar-refractivity contribution in [3.63, 3.8) is 0 Å². The maximum Gasteiger partial charge on any atom is 0.0371 e. The Labute approximate surface area is 114 Å². The Morgan fingerprint density at radius 3 is 2.50 bits per heavy atom. The van der Waals surface area contributed by atoms with Crippen molar-refractivity contribution in [3.05, 3.63) is 57.3 Å². The summed E-state index contributed by atoms with van der Waals surface area (Å²) in [7, 11) is 0. The molecule has 0 bridgehead atoms. The lowest BCUT2D eigenvalue weighted by molar-refractivity contribution is 0.548. The molecule has 2 aromatic rings. The molecule has 1 atom stereocenters. The number of hydrogen-bond acceptors (Lipinski definition) is 2. The number of rotatable bonds is 5.